The van der Waals surface area contributed by atoms with E-state index in [0.29, 0.717) is 18.9 Å². The molecule has 7 nitrogen and oxygen atoms in total. The van der Waals surface area contributed by atoms with Gasteiger partial charge in [0, 0.05) is 14.1 Å². The summed E-state index contributed by atoms with van der Waals surface area (Å²) in [4.78, 5) is 6.97. The minimum Gasteiger partial charge on any atom is -0.591 e. The maximum atomic E-state index is 12.9. The Morgan fingerprint density at radius 2 is 1.54 bits per heavy atom. The van der Waals surface area contributed by atoms with Gasteiger partial charge in [0.15, 0.2) is 5.17 Å². The molecule has 2 aromatic rings. The molecule has 2 aliphatic rings. The second kappa shape index (κ2) is 12.3. The van der Waals surface area contributed by atoms with Gasteiger partial charge in [0.25, 0.3) is 0 Å². The van der Waals surface area contributed by atoms with Gasteiger partial charge in [-0.2, -0.15) is 0 Å². The van der Waals surface area contributed by atoms with Crippen LogP contribution in [0.2, 0.25) is 0 Å². The Bertz CT molecular complexity index is 1080. The van der Waals surface area contributed by atoms with Gasteiger partial charge in [-0.1, -0.05) is 76.8 Å². The number of thioether (sulfide) groups is 1. The second-order valence-corrected chi connectivity index (χ2v) is 13.4. The molecule has 0 aromatic heterocycles. The molecule has 1 saturated heterocycles. The van der Waals surface area contributed by atoms with Gasteiger partial charge in [0.05, 0.1) is 18.9 Å². The topological polar surface area (TPSA) is 78.7 Å². The molecule has 0 saturated carbocycles. The highest BCUT2D eigenvalue weighted by atomic mass is 32.2. The maximum Gasteiger partial charge on any atom is 0.161 e. The normalized spacial score (nSPS) is 26.9. The molecule has 0 radical (unpaired) electrons. The quantitative estimate of drug-likeness (QED) is 0.350. The number of benzene rings is 2. The summed E-state index contributed by atoms with van der Waals surface area (Å²) in [6, 6.07) is 19.9. The molecule has 0 N–H and O–H groups in total. The summed E-state index contributed by atoms with van der Waals surface area (Å²) in [6.45, 7) is 8.43. The smallest absolute Gasteiger partial charge is 0.161 e. The van der Waals surface area contributed by atoms with E-state index in [0.717, 1.165) is 16.3 Å². The lowest BCUT2D eigenvalue weighted by atomic mass is 9.95. The first-order chi connectivity index (χ1) is 17.6. The number of nitrogens with zero attached hydrogens (tertiary/aromatic N) is 3. The van der Waals surface area contributed by atoms with Crippen LogP contribution in [0.25, 0.3) is 0 Å². The van der Waals surface area contributed by atoms with Gasteiger partial charge in [-0.15, -0.1) is 0 Å². The second-order valence-electron chi connectivity index (χ2n) is 10.5. The number of hydrogen-bond donors (Lipinski definition) is 0. The highest BCUT2D eigenvalue weighted by molar-refractivity contribution is 8.14. The predicted molar refractivity (Wildman–Crippen MR) is 152 cm³/mol. The summed E-state index contributed by atoms with van der Waals surface area (Å²) in [7, 11) is 3.95. The van der Waals surface area contributed by atoms with Crippen molar-refractivity contribution in [1.82, 2.24) is 4.90 Å². The van der Waals surface area contributed by atoms with Crippen LogP contribution in [0.4, 0.5) is 0 Å². The van der Waals surface area contributed by atoms with Crippen molar-refractivity contribution in [3.63, 3.8) is 0 Å². The summed E-state index contributed by atoms with van der Waals surface area (Å²) < 4.78 is 36.8. The monoisotopic (exact) mass is 543 g/mol. The lowest BCUT2D eigenvalue weighted by molar-refractivity contribution is -0.179. The van der Waals surface area contributed by atoms with Gasteiger partial charge in [-0.3, -0.25) is 4.99 Å². The largest absolute Gasteiger partial charge is 0.591 e. The number of ether oxygens (including phenoxy) is 3. The zero-order valence-corrected chi connectivity index (χ0v) is 24.0. The fourth-order valence-corrected chi connectivity index (χ4v) is 5.87. The van der Waals surface area contributed by atoms with Gasteiger partial charge in [0.2, 0.25) is 0 Å². The first kappa shape index (κ1) is 28.1. The van der Waals surface area contributed by atoms with Crippen molar-refractivity contribution in [2.75, 3.05) is 14.1 Å². The molecule has 6 atom stereocenters. The van der Waals surface area contributed by atoms with Crippen molar-refractivity contribution in [3.8, 4) is 0 Å². The molecule has 2 heterocycles. The van der Waals surface area contributed by atoms with E-state index in [1.807, 2.05) is 107 Å². The summed E-state index contributed by atoms with van der Waals surface area (Å²) >= 11 is 0.156. The molecule has 0 bridgehead atoms. The Hall–Kier alpha value is -1.88. The third-order valence-electron chi connectivity index (χ3n) is 6.12. The summed E-state index contributed by atoms with van der Waals surface area (Å²) in [6.07, 6.45) is -1.40. The fraction of sp³-hybridized carbons (Fsp3) is 0.500. The van der Waals surface area contributed by atoms with Crippen molar-refractivity contribution in [1.29, 1.82) is 0 Å². The van der Waals surface area contributed by atoms with Crippen LogP contribution >= 0.6 is 11.8 Å². The van der Waals surface area contributed by atoms with E-state index in [2.05, 4.69) is 4.40 Å². The van der Waals surface area contributed by atoms with Crippen LogP contribution in [0.1, 0.15) is 38.8 Å². The number of amidine groups is 1. The Balaban J connectivity index is 1.67. The highest BCUT2D eigenvalue weighted by Gasteiger charge is 2.52. The third-order valence-corrected chi connectivity index (χ3v) is 8.92. The molecule has 2 aliphatic heterocycles. The van der Waals surface area contributed by atoms with Crippen LogP contribution in [0.3, 0.4) is 0 Å². The van der Waals surface area contributed by atoms with E-state index in [-0.39, 0.29) is 17.6 Å². The highest BCUT2D eigenvalue weighted by Crippen LogP contribution is 2.40. The molecule has 9 heteroatoms. The van der Waals surface area contributed by atoms with Gasteiger partial charge in [0.1, 0.15) is 45.9 Å². The minimum absolute atomic E-state index is 0.246. The van der Waals surface area contributed by atoms with Crippen molar-refractivity contribution < 1.29 is 18.8 Å². The Morgan fingerprint density at radius 3 is 2.05 bits per heavy atom. The van der Waals surface area contributed by atoms with Gasteiger partial charge in [-0.05, 0) is 38.8 Å². The van der Waals surface area contributed by atoms with Crippen LogP contribution in [0, 0.1) is 0 Å². The van der Waals surface area contributed by atoms with E-state index in [1.165, 1.54) is 0 Å². The maximum absolute atomic E-state index is 12.9. The van der Waals surface area contributed by atoms with E-state index < -0.39 is 28.3 Å². The fourth-order valence-electron chi connectivity index (χ4n) is 4.10. The summed E-state index contributed by atoms with van der Waals surface area (Å²) in [5, 5.41) is 0.888. The molecular formula is C28H37N3O4S2. The molecule has 0 amide bonds. The molecule has 4 rings (SSSR count). The number of rotatable bonds is 8. The standard InChI is InChI=1S/C28H37N3O4S2/c1-19(30-37(32)28(2,3)4)23-25(34-18-21-15-11-8-12-16-21)24(33-17-20-13-9-7-10-14-20)22-26(35-23)36-27(29-22)31(5)6/h7-16,22-26H,17-18H2,1-6H3/b30-19-/t22-,23-,24-,25-,26-,37?/m1/s1. The summed E-state index contributed by atoms with van der Waals surface area (Å²) in [5.41, 5.74) is 2.51. The Labute approximate surface area is 228 Å². The molecule has 0 aliphatic carbocycles. The minimum atomic E-state index is -1.42. The van der Waals surface area contributed by atoms with Crippen molar-refractivity contribution in [3.05, 3.63) is 71.8 Å². The van der Waals surface area contributed by atoms with Crippen LogP contribution < -0.4 is 0 Å². The van der Waals surface area contributed by atoms with Crippen molar-refractivity contribution in [2.45, 2.75) is 75.4 Å². The van der Waals surface area contributed by atoms with Crippen molar-refractivity contribution in [2.24, 2.45) is 9.39 Å². The van der Waals surface area contributed by atoms with Crippen molar-refractivity contribution >= 4 is 34.0 Å². The van der Waals surface area contributed by atoms with E-state index in [4.69, 9.17) is 19.2 Å². The van der Waals surface area contributed by atoms with E-state index in [9.17, 15) is 4.55 Å². The predicted octanol–water partition coefficient (Wildman–Crippen LogP) is 4.84. The third kappa shape index (κ3) is 7.16. The molecule has 1 unspecified atom stereocenters. The van der Waals surface area contributed by atoms with Gasteiger partial charge < -0.3 is 23.7 Å². The average Bonchev–Trinajstić information content (AvgIpc) is 3.31. The van der Waals surface area contributed by atoms with Crippen LogP contribution in [-0.4, -0.2) is 69.0 Å². The first-order valence-corrected chi connectivity index (χ1v) is 14.5. The van der Waals surface area contributed by atoms with Crippen LogP contribution in [0.15, 0.2) is 70.1 Å². The molecular weight excluding hydrogens is 506 g/mol. The van der Waals surface area contributed by atoms with Crippen LogP contribution in [-0.2, 0) is 38.8 Å². The average molecular weight is 544 g/mol. The summed E-state index contributed by atoms with van der Waals surface area (Å²) in [5.74, 6) is 0. The van der Waals surface area contributed by atoms with E-state index in [1.54, 1.807) is 11.8 Å². The van der Waals surface area contributed by atoms with Gasteiger partial charge >= 0.3 is 0 Å². The SMILES string of the molecule is C/C(=N/[S+]([O-])C(C)(C)C)[C@H]1O[C@@H]2SC(N(C)C)=N[C@@H]2[C@@H](OCc2ccccc2)[C@@H]1OCc1ccccc1. The zero-order chi connectivity index (χ0) is 26.6. The lowest BCUT2D eigenvalue weighted by Gasteiger charge is -2.42. The number of hydrogen-bond acceptors (Lipinski definition) is 8. The number of fused-ring (bicyclic) bond motifs is 1. The molecule has 200 valence electrons. The van der Waals surface area contributed by atoms with Crippen LogP contribution in [0.5, 0.6) is 0 Å². The number of aliphatic imine (C=N–C) groups is 1. The first-order valence-electron chi connectivity index (χ1n) is 12.5. The molecule has 1 fully saturated rings. The molecule has 2 aromatic carbocycles. The zero-order valence-electron chi connectivity index (χ0n) is 22.4. The Morgan fingerprint density at radius 1 is 1.00 bits per heavy atom. The van der Waals surface area contributed by atoms with Gasteiger partial charge in [-0.25, -0.2) is 0 Å². The lowest BCUT2D eigenvalue weighted by Crippen LogP contribution is -2.59. The molecule has 37 heavy (non-hydrogen) atoms. The van der Waals surface area contributed by atoms with E-state index >= 15 is 0 Å². The Kier molecular flexibility index (Phi) is 9.37. The molecule has 0 spiro atoms.